The summed E-state index contributed by atoms with van der Waals surface area (Å²) < 4.78 is 7.23. The Balaban J connectivity index is 2.19. The molecule has 0 aliphatic carbocycles. The van der Waals surface area contributed by atoms with Gasteiger partial charge in [0.05, 0.1) is 25.6 Å². The second-order valence-corrected chi connectivity index (χ2v) is 5.53. The van der Waals surface area contributed by atoms with Crippen LogP contribution in [0.15, 0.2) is 35.6 Å². The van der Waals surface area contributed by atoms with Gasteiger partial charge in [-0.05, 0) is 24.1 Å². The van der Waals surface area contributed by atoms with Crippen LogP contribution in [-0.4, -0.2) is 27.5 Å². The molecule has 108 valence electrons. The number of aliphatic hydroxyl groups excluding tert-OH is 1. The van der Waals surface area contributed by atoms with Gasteiger partial charge in [0.15, 0.2) is 5.16 Å². The molecule has 0 saturated carbocycles. The van der Waals surface area contributed by atoms with Crippen LogP contribution in [0.1, 0.15) is 24.6 Å². The molecule has 20 heavy (non-hydrogen) atoms. The van der Waals surface area contributed by atoms with E-state index in [1.807, 2.05) is 24.3 Å². The van der Waals surface area contributed by atoms with Crippen molar-refractivity contribution in [1.29, 1.82) is 0 Å². The fourth-order valence-electron chi connectivity index (χ4n) is 1.91. The molecule has 0 aliphatic rings. The zero-order chi connectivity index (χ0) is 14.4. The summed E-state index contributed by atoms with van der Waals surface area (Å²) in [6, 6.07) is 7.97. The van der Waals surface area contributed by atoms with Gasteiger partial charge in [-0.1, -0.05) is 30.8 Å². The number of imidazole rings is 1. The summed E-state index contributed by atoms with van der Waals surface area (Å²) in [6.45, 7) is 2.87. The van der Waals surface area contributed by atoms with Crippen LogP contribution in [0.25, 0.3) is 0 Å². The molecule has 2 aromatic rings. The first-order chi connectivity index (χ1) is 9.78. The van der Waals surface area contributed by atoms with Crippen molar-refractivity contribution in [1.82, 2.24) is 9.55 Å². The number of aliphatic hydroxyl groups is 1. The molecule has 1 N–H and O–H groups in total. The quantitative estimate of drug-likeness (QED) is 0.797. The summed E-state index contributed by atoms with van der Waals surface area (Å²) in [5.41, 5.74) is 2.01. The van der Waals surface area contributed by atoms with Gasteiger partial charge in [-0.25, -0.2) is 4.98 Å². The second-order valence-electron chi connectivity index (χ2n) is 4.47. The number of ether oxygens (including phenoxy) is 1. The fourth-order valence-corrected chi connectivity index (χ4v) is 2.76. The summed E-state index contributed by atoms with van der Waals surface area (Å²) in [4.78, 5) is 4.40. The SMILES string of the molecule is CCCSc1ncc(CO)n1Cc1ccc(OC)cc1. The highest BCUT2D eigenvalue weighted by Gasteiger charge is 2.10. The Morgan fingerprint density at radius 3 is 2.65 bits per heavy atom. The third-order valence-corrected chi connectivity index (χ3v) is 4.20. The number of aromatic nitrogens is 2. The first-order valence-corrected chi connectivity index (χ1v) is 7.68. The molecule has 0 amide bonds. The lowest BCUT2D eigenvalue weighted by Gasteiger charge is -2.11. The van der Waals surface area contributed by atoms with E-state index in [1.54, 1.807) is 25.1 Å². The van der Waals surface area contributed by atoms with Gasteiger partial charge in [-0.3, -0.25) is 0 Å². The minimum absolute atomic E-state index is 0.00976. The van der Waals surface area contributed by atoms with Crippen molar-refractivity contribution in [2.45, 2.75) is 31.7 Å². The molecule has 0 fully saturated rings. The molecule has 1 heterocycles. The summed E-state index contributed by atoms with van der Waals surface area (Å²) >= 11 is 1.73. The number of hydrogen-bond donors (Lipinski definition) is 1. The molecule has 4 nitrogen and oxygen atoms in total. The maximum Gasteiger partial charge on any atom is 0.168 e. The van der Waals surface area contributed by atoms with Crippen LogP contribution in [-0.2, 0) is 13.2 Å². The Kier molecular flexibility index (Phi) is 5.49. The molecule has 0 atom stereocenters. The van der Waals surface area contributed by atoms with Gasteiger partial charge in [0.1, 0.15) is 5.75 Å². The highest BCUT2D eigenvalue weighted by molar-refractivity contribution is 7.99. The summed E-state index contributed by atoms with van der Waals surface area (Å²) in [5, 5.41) is 10.4. The molecule has 0 spiro atoms. The van der Waals surface area contributed by atoms with E-state index in [2.05, 4.69) is 16.5 Å². The summed E-state index contributed by atoms with van der Waals surface area (Å²) in [7, 11) is 1.66. The molecule has 0 unspecified atom stereocenters. The Hall–Kier alpha value is -1.46. The minimum Gasteiger partial charge on any atom is -0.497 e. The predicted octanol–water partition coefficient (Wildman–Crippen LogP) is 2.93. The van der Waals surface area contributed by atoms with E-state index in [1.165, 1.54) is 0 Å². The Morgan fingerprint density at radius 1 is 1.30 bits per heavy atom. The molecule has 0 saturated heterocycles. The highest BCUT2D eigenvalue weighted by Crippen LogP contribution is 2.21. The smallest absolute Gasteiger partial charge is 0.168 e. The maximum absolute atomic E-state index is 9.43. The summed E-state index contributed by atoms with van der Waals surface area (Å²) in [5.74, 6) is 1.88. The average molecular weight is 292 g/mol. The lowest BCUT2D eigenvalue weighted by Crippen LogP contribution is -2.06. The zero-order valence-electron chi connectivity index (χ0n) is 11.9. The molecule has 5 heteroatoms. The van der Waals surface area contributed by atoms with E-state index in [4.69, 9.17) is 4.74 Å². The number of methoxy groups -OCH3 is 1. The van der Waals surface area contributed by atoms with E-state index >= 15 is 0 Å². The zero-order valence-corrected chi connectivity index (χ0v) is 12.7. The number of rotatable bonds is 7. The van der Waals surface area contributed by atoms with Crippen LogP contribution >= 0.6 is 11.8 Å². The first-order valence-electron chi connectivity index (χ1n) is 6.69. The Bertz CT molecular complexity index is 537. The van der Waals surface area contributed by atoms with Gasteiger partial charge in [0.25, 0.3) is 0 Å². The minimum atomic E-state index is 0.00976. The van der Waals surface area contributed by atoms with Gasteiger partial charge in [0, 0.05) is 12.3 Å². The summed E-state index contributed by atoms with van der Waals surface area (Å²) in [6.07, 6.45) is 2.86. The van der Waals surface area contributed by atoms with Gasteiger partial charge in [0.2, 0.25) is 0 Å². The van der Waals surface area contributed by atoms with Crippen molar-refractivity contribution in [3.05, 3.63) is 41.7 Å². The number of nitrogens with zero attached hydrogens (tertiary/aromatic N) is 2. The fraction of sp³-hybridized carbons (Fsp3) is 0.400. The average Bonchev–Trinajstić information content (AvgIpc) is 2.88. The third-order valence-electron chi connectivity index (χ3n) is 3.00. The monoisotopic (exact) mass is 292 g/mol. The maximum atomic E-state index is 9.43. The van der Waals surface area contributed by atoms with Crippen molar-refractivity contribution in [3.8, 4) is 5.75 Å². The van der Waals surface area contributed by atoms with Gasteiger partial charge < -0.3 is 14.4 Å². The lowest BCUT2D eigenvalue weighted by molar-refractivity contribution is 0.270. The van der Waals surface area contributed by atoms with E-state index in [9.17, 15) is 5.11 Å². The molecular formula is C15H20N2O2S. The molecule has 0 bridgehead atoms. The van der Waals surface area contributed by atoms with Crippen molar-refractivity contribution < 1.29 is 9.84 Å². The van der Waals surface area contributed by atoms with Crippen LogP contribution in [0.2, 0.25) is 0 Å². The van der Waals surface area contributed by atoms with Crippen molar-refractivity contribution in [3.63, 3.8) is 0 Å². The highest BCUT2D eigenvalue weighted by atomic mass is 32.2. The van der Waals surface area contributed by atoms with Crippen LogP contribution in [0.4, 0.5) is 0 Å². The molecule has 2 rings (SSSR count). The van der Waals surface area contributed by atoms with Crippen LogP contribution in [0, 0.1) is 0 Å². The van der Waals surface area contributed by atoms with Crippen molar-refractivity contribution >= 4 is 11.8 Å². The molecule has 0 aliphatic heterocycles. The van der Waals surface area contributed by atoms with Crippen LogP contribution in [0.3, 0.4) is 0 Å². The number of benzene rings is 1. The number of hydrogen-bond acceptors (Lipinski definition) is 4. The Morgan fingerprint density at radius 2 is 2.05 bits per heavy atom. The Labute approximate surface area is 123 Å². The van der Waals surface area contributed by atoms with E-state index in [-0.39, 0.29) is 6.61 Å². The second kappa shape index (κ2) is 7.36. The lowest BCUT2D eigenvalue weighted by atomic mass is 10.2. The first kappa shape index (κ1) is 14.9. The van der Waals surface area contributed by atoms with E-state index in [0.29, 0.717) is 6.54 Å². The topological polar surface area (TPSA) is 47.3 Å². The largest absolute Gasteiger partial charge is 0.497 e. The normalized spacial score (nSPS) is 10.8. The van der Waals surface area contributed by atoms with E-state index in [0.717, 1.165) is 34.3 Å². The van der Waals surface area contributed by atoms with Gasteiger partial charge in [-0.2, -0.15) is 0 Å². The van der Waals surface area contributed by atoms with Crippen LogP contribution in [0.5, 0.6) is 5.75 Å². The molecule has 1 aromatic heterocycles. The number of thioether (sulfide) groups is 1. The third kappa shape index (κ3) is 3.55. The predicted molar refractivity (Wildman–Crippen MR) is 81.3 cm³/mol. The van der Waals surface area contributed by atoms with Crippen LogP contribution < -0.4 is 4.74 Å². The van der Waals surface area contributed by atoms with Crippen molar-refractivity contribution in [2.75, 3.05) is 12.9 Å². The molecule has 0 radical (unpaired) electrons. The van der Waals surface area contributed by atoms with E-state index < -0.39 is 0 Å². The van der Waals surface area contributed by atoms with Crippen molar-refractivity contribution in [2.24, 2.45) is 0 Å². The van der Waals surface area contributed by atoms with Gasteiger partial charge in [-0.15, -0.1) is 0 Å². The standard InChI is InChI=1S/C15H20N2O2S/c1-3-8-20-15-16-9-13(11-18)17(15)10-12-4-6-14(19-2)7-5-12/h4-7,9,18H,3,8,10-11H2,1-2H3. The molecular weight excluding hydrogens is 272 g/mol. The molecule has 1 aromatic carbocycles. The van der Waals surface area contributed by atoms with Gasteiger partial charge >= 0.3 is 0 Å².